The zero-order valence-electron chi connectivity index (χ0n) is 13.9. The van der Waals surface area contributed by atoms with Crippen LogP contribution in [-0.2, 0) is 11.3 Å². The van der Waals surface area contributed by atoms with Gasteiger partial charge in [-0.2, -0.15) is 0 Å². The number of H-pyrrole nitrogens is 1. The largest absolute Gasteiger partial charge is 0.349 e. The van der Waals surface area contributed by atoms with E-state index in [1.807, 2.05) is 24.3 Å². The summed E-state index contributed by atoms with van der Waals surface area (Å²) in [5, 5.41) is 6.35. The minimum absolute atomic E-state index is 0. The lowest BCUT2D eigenvalue weighted by molar-refractivity contribution is -0.122. The average molecular weight is 373 g/mol. The van der Waals surface area contributed by atoms with Gasteiger partial charge in [-0.25, -0.2) is 4.98 Å². The molecule has 24 heavy (non-hydrogen) atoms. The Hall–Kier alpha value is -1.30. The number of aromatic amines is 1. The van der Waals surface area contributed by atoms with E-state index in [1.54, 1.807) is 0 Å². The van der Waals surface area contributed by atoms with Crippen LogP contribution in [0.25, 0.3) is 11.0 Å². The fraction of sp³-hybridized carbons (Fsp3) is 0.529. The van der Waals surface area contributed by atoms with Crippen molar-refractivity contribution in [2.24, 2.45) is 11.8 Å². The van der Waals surface area contributed by atoms with E-state index in [0.717, 1.165) is 29.9 Å². The van der Waals surface area contributed by atoms with Gasteiger partial charge in [-0.1, -0.05) is 19.1 Å². The van der Waals surface area contributed by atoms with Crippen molar-refractivity contribution in [2.75, 3.05) is 13.1 Å². The summed E-state index contributed by atoms with van der Waals surface area (Å²) in [6.45, 7) is 4.81. The Balaban J connectivity index is 0.00000144. The smallest absolute Gasteiger partial charge is 0.220 e. The van der Waals surface area contributed by atoms with Gasteiger partial charge in [0.15, 0.2) is 0 Å². The summed E-state index contributed by atoms with van der Waals surface area (Å²) in [6.07, 6.45) is 2.96. The van der Waals surface area contributed by atoms with Gasteiger partial charge in [-0.15, -0.1) is 24.8 Å². The Morgan fingerprint density at radius 2 is 2.00 bits per heavy atom. The maximum absolute atomic E-state index is 12.1. The van der Waals surface area contributed by atoms with Gasteiger partial charge in [0, 0.05) is 6.42 Å². The predicted molar refractivity (Wildman–Crippen MR) is 102 cm³/mol. The summed E-state index contributed by atoms with van der Waals surface area (Å²) < 4.78 is 0. The van der Waals surface area contributed by atoms with Crippen molar-refractivity contribution >= 4 is 41.8 Å². The van der Waals surface area contributed by atoms with Gasteiger partial charge in [-0.05, 0) is 49.9 Å². The first-order valence-electron chi connectivity index (χ1n) is 8.13. The monoisotopic (exact) mass is 372 g/mol. The van der Waals surface area contributed by atoms with Crippen molar-refractivity contribution in [3.8, 4) is 0 Å². The van der Waals surface area contributed by atoms with E-state index in [9.17, 15) is 4.79 Å². The standard InChI is InChI=1S/C17H24N4O.2ClH/c1-12(13-6-8-18-9-7-13)10-17(22)19-11-16-20-14-4-2-3-5-15(14)21-16;;/h2-5,12-13,18H,6-11H2,1H3,(H,19,22)(H,20,21);2*1H. The number of rotatable bonds is 5. The molecule has 1 aliphatic rings. The molecule has 1 atom stereocenters. The highest BCUT2D eigenvalue weighted by atomic mass is 35.5. The second-order valence-electron chi connectivity index (χ2n) is 6.25. The van der Waals surface area contributed by atoms with Gasteiger partial charge in [0.1, 0.15) is 5.82 Å². The van der Waals surface area contributed by atoms with Crippen LogP contribution in [0.2, 0.25) is 0 Å². The van der Waals surface area contributed by atoms with Crippen LogP contribution in [-0.4, -0.2) is 29.0 Å². The number of carbonyl (C=O) groups is 1. The molecule has 1 aromatic heterocycles. The Bertz CT molecular complexity index is 607. The first-order valence-corrected chi connectivity index (χ1v) is 8.13. The lowest BCUT2D eigenvalue weighted by Gasteiger charge is -2.27. The topological polar surface area (TPSA) is 69.8 Å². The summed E-state index contributed by atoms with van der Waals surface area (Å²) in [7, 11) is 0. The quantitative estimate of drug-likeness (QED) is 0.755. The third kappa shape index (κ3) is 5.36. The molecule has 0 saturated carbocycles. The molecule has 2 aromatic rings. The first-order chi connectivity index (χ1) is 10.7. The molecule has 1 aliphatic heterocycles. The molecular formula is C17H26Cl2N4O. The number of aromatic nitrogens is 2. The number of piperidine rings is 1. The molecule has 2 heterocycles. The molecule has 5 nitrogen and oxygen atoms in total. The zero-order valence-corrected chi connectivity index (χ0v) is 15.5. The Morgan fingerprint density at radius 1 is 1.29 bits per heavy atom. The molecule has 0 aliphatic carbocycles. The van der Waals surface area contributed by atoms with Crippen LogP contribution in [0.15, 0.2) is 24.3 Å². The number of benzene rings is 1. The summed E-state index contributed by atoms with van der Waals surface area (Å²) in [5.74, 6) is 2.03. The van der Waals surface area contributed by atoms with Crippen molar-refractivity contribution in [1.29, 1.82) is 0 Å². The van der Waals surface area contributed by atoms with Crippen molar-refractivity contribution in [1.82, 2.24) is 20.6 Å². The molecule has 3 N–H and O–H groups in total. The number of carbonyl (C=O) groups excluding carboxylic acids is 1. The normalized spacial score (nSPS) is 16.0. The van der Waals surface area contributed by atoms with Crippen LogP contribution in [0.3, 0.4) is 0 Å². The van der Waals surface area contributed by atoms with Gasteiger partial charge in [0.2, 0.25) is 5.91 Å². The minimum Gasteiger partial charge on any atom is -0.349 e. The van der Waals surface area contributed by atoms with Crippen LogP contribution < -0.4 is 10.6 Å². The number of hydrogen-bond donors (Lipinski definition) is 3. The van der Waals surface area contributed by atoms with Crippen LogP contribution in [0.1, 0.15) is 32.0 Å². The highest BCUT2D eigenvalue weighted by Gasteiger charge is 2.21. The SMILES string of the molecule is CC(CC(=O)NCc1nc2ccccc2[nH]1)C1CCNCC1.Cl.Cl. The lowest BCUT2D eigenvalue weighted by Crippen LogP contribution is -2.33. The molecule has 1 saturated heterocycles. The predicted octanol–water partition coefficient (Wildman–Crippen LogP) is 3.05. The number of halogens is 2. The number of para-hydroxylation sites is 2. The minimum atomic E-state index is 0. The van der Waals surface area contributed by atoms with Crippen LogP contribution in [0.5, 0.6) is 0 Å². The van der Waals surface area contributed by atoms with E-state index in [0.29, 0.717) is 24.8 Å². The van der Waals surface area contributed by atoms with Gasteiger partial charge in [0.05, 0.1) is 17.6 Å². The first kappa shape index (κ1) is 20.7. The Kier molecular flexibility index (Phi) is 8.53. The molecule has 1 fully saturated rings. The molecule has 1 amide bonds. The second-order valence-corrected chi connectivity index (χ2v) is 6.25. The maximum atomic E-state index is 12.1. The number of nitrogens with one attached hydrogen (secondary N) is 3. The van der Waals surface area contributed by atoms with E-state index in [2.05, 4.69) is 27.5 Å². The lowest BCUT2D eigenvalue weighted by atomic mass is 9.84. The number of imidazole rings is 1. The zero-order chi connectivity index (χ0) is 15.4. The molecular weight excluding hydrogens is 347 g/mol. The Morgan fingerprint density at radius 3 is 2.71 bits per heavy atom. The number of fused-ring (bicyclic) bond motifs is 1. The van der Waals surface area contributed by atoms with Gasteiger partial charge >= 0.3 is 0 Å². The molecule has 7 heteroatoms. The fourth-order valence-corrected chi connectivity index (χ4v) is 3.22. The van der Waals surface area contributed by atoms with Gasteiger partial charge in [-0.3, -0.25) is 4.79 Å². The summed E-state index contributed by atoms with van der Waals surface area (Å²) in [6, 6.07) is 7.90. The average Bonchev–Trinajstić information content (AvgIpc) is 2.96. The van der Waals surface area contributed by atoms with E-state index < -0.39 is 0 Å². The summed E-state index contributed by atoms with van der Waals surface area (Å²) in [4.78, 5) is 19.8. The highest BCUT2D eigenvalue weighted by molar-refractivity contribution is 5.85. The van der Waals surface area contributed by atoms with E-state index in [4.69, 9.17) is 0 Å². The maximum Gasteiger partial charge on any atom is 0.220 e. The summed E-state index contributed by atoms with van der Waals surface area (Å²) >= 11 is 0. The van der Waals surface area contributed by atoms with Crippen LogP contribution in [0.4, 0.5) is 0 Å². The molecule has 1 aromatic carbocycles. The molecule has 3 rings (SSSR count). The van der Waals surface area contributed by atoms with Crippen molar-refractivity contribution in [2.45, 2.75) is 32.7 Å². The van der Waals surface area contributed by atoms with Crippen molar-refractivity contribution in [3.05, 3.63) is 30.1 Å². The van der Waals surface area contributed by atoms with Crippen molar-refractivity contribution < 1.29 is 4.79 Å². The second kappa shape index (κ2) is 9.87. The number of hydrogen-bond acceptors (Lipinski definition) is 3. The molecule has 0 spiro atoms. The fourth-order valence-electron chi connectivity index (χ4n) is 3.22. The molecule has 1 unspecified atom stereocenters. The Labute approximate surface area is 155 Å². The molecule has 0 bridgehead atoms. The van der Waals surface area contributed by atoms with E-state index >= 15 is 0 Å². The summed E-state index contributed by atoms with van der Waals surface area (Å²) in [5.41, 5.74) is 1.95. The number of amides is 1. The van der Waals surface area contributed by atoms with Crippen LogP contribution >= 0.6 is 24.8 Å². The number of nitrogens with zero attached hydrogens (tertiary/aromatic N) is 1. The van der Waals surface area contributed by atoms with Gasteiger partial charge < -0.3 is 15.6 Å². The van der Waals surface area contributed by atoms with E-state index in [1.165, 1.54) is 12.8 Å². The van der Waals surface area contributed by atoms with Crippen LogP contribution in [0, 0.1) is 11.8 Å². The van der Waals surface area contributed by atoms with Gasteiger partial charge in [0.25, 0.3) is 0 Å². The molecule has 0 radical (unpaired) electrons. The van der Waals surface area contributed by atoms with E-state index in [-0.39, 0.29) is 30.7 Å². The highest BCUT2D eigenvalue weighted by Crippen LogP contribution is 2.24. The molecule has 134 valence electrons. The third-order valence-electron chi connectivity index (χ3n) is 4.59. The third-order valence-corrected chi connectivity index (χ3v) is 4.59. The van der Waals surface area contributed by atoms with Crippen molar-refractivity contribution in [3.63, 3.8) is 0 Å².